The summed E-state index contributed by atoms with van der Waals surface area (Å²) < 4.78 is 1.92. The molecule has 1 unspecified atom stereocenters. The average molecular weight is 233 g/mol. The Hall–Kier alpha value is -1.85. The number of aryl methyl sites for hydroxylation is 1. The second-order valence-corrected chi connectivity index (χ2v) is 4.49. The van der Waals surface area contributed by atoms with Gasteiger partial charge < -0.3 is 4.57 Å². The van der Waals surface area contributed by atoms with Crippen LogP contribution in [0.1, 0.15) is 19.0 Å². The minimum Gasteiger partial charge on any atom is -0.329 e. The van der Waals surface area contributed by atoms with Crippen molar-refractivity contribution >= 4 is 17.7 Å². The van der Waals surface area contributed by atoms with Crippen molar-refractivity contribution < 1.29 is 4.79 Å². The molecule has 1 aromatic heterocycles. The Balaban J connectivity index is 2.17. The molecule has 1 atom stereocenters. The number of aromatic nitrogens is 2. The molecule has 0 aliphatic carbocycles. The van der Waals surface area contributed by atoms with Crippen LogP contribution in [0, 0.1) is 0 Å². The van der Waals surface area contributed by atoms with E-state index in [1.807, 2.05) is 11.6 Å². The lowest BCUT2D eigenvalue weighted by molar-refractivity contribution is 0.228. The van der Waals surface area contributed by atoms with Crippen molar-refractivity contribution in [2.24, 2.45) is 12.0 Å². The minimum atomic E-state index is -0.0362. The SMILES string of the molecule is CCC1CN2C(=O)N(C)c3ncn(C)c3C2=N1. The van der Waals surface area contributed by atoms with Crippen molar-refractivity contribution in [1.29, 1.82) is 0 Å². The molecule has 2 aliphatic rings. The van der Waals surface area contributed by atoms with Gasteiger partial charge in [0.1, 0.15) is 5.69 Å². The van der Waals surface area contributed by atoms with Crippen molar-refractivity contribution in [3.8, 4) is 0 Å². The Kier molecular flexibility index (Phi) is 2.01. The molecule has 1 aromatic rings. The highest BCUT2D eigenvalue weighted by atomic mass is 16.2. The first-order chi connectivity index (χ1) is 8.13. The lowest BCUT2D eigenvalue weighted by Gasteiger charge is -2.30. The van der Waals surface area contributed by atoms with Gasteiger partial charge in [0.05, 0.1) is 18.9 Å². The van der Waals surface area contributed by atoms with Crippen LogP contribution in [0.2, 0.25) is 0 Å². The molecular formula is C11H15N5O. The summed E-state index contributed by atoms with van der Waals surface area (Å²) in [6.45, 7) is 2.77. The van der Waals surface area contributed by atoms with E-state index < -0.39 is 0 Å². The van der Waals surface area contributed by atoms with Gasteiger partial charge in [0.2, 0.25) is 0 Å². The van der Waals surface area contributed by atoms with E-state index in [4.69, 9.17) is 0 Å². The molecular weight excluding hydrogens is 218 g/mol. The molecule has 3 rings (SSSR count). The summed E-state index contributed by atoms with van der Waals surface area (Å²) in [5.74, 6) is 1.47. The number of carbonyl (C=O) groups is 1. The van der Waals surface area contributed by atoms with Gasteiger partial charge >= 0.3 is 6.03 Å². The molecule has 17 heavy (non-hydrogen) atoms. The topological polar surface area (TPSA) is 53.7 Å². The number of fused-ring (bicyclic) bond motifs is 3. The van der Waals surface area contributed by atoms with Gasteiger partial charge in [0, 0.05) is 14.1 Å². The van der Waals surface area contributed by atoms with Gasteiger partial charge in [-0.25, -0.2) is 9.78 Å². The fourth-order valence-corrected chi connectivity index (χ4v) is 2.35. The van der Waals surface area contributed by atoms with E-state index in [1.165, 1.54) is 0 Å². The highest BCUT2D eigenvalue weighted by Gasteiger charge is 2.40. The van der Waals surface area contributed by atoms with Crippen molar-refractivity contribution in [3.05, 3.63) is 12.0 Å². The Bertz CT molecular complexity index is 518. The molecule has 0 N–H and O–H groups in total. The summed E-state index contributed by atoms with van der Waals surface area (Å²) in [5, 5.41) is 0. The number of amidine groups is 1. The molecule has 0 saturated heterocycles. The summed E-state index contributed by atoms with van der Waals surface area (Å²) in [6, 6.07) is 0.175. The molecule has 0 fully saturated rings. The molecule has 0 saturated carbocycles. The number of hydrogen-bond donors (Lipinski definition) is 0. The van der Waals surface area contributed by atoms with Crippen molar-refractivity contribution in [2.75, 3.05) is 18.5 Å². The summed E-state index contributed by atoms with van der Waals surface area (Å²) >= 11 is 0. The number of imidazole rings is 1. The number of hydrogen-bond acceptors (Lipinski definition) is 3. The number of urea groups is 1. The maximum Gasteiger partial charge on any atom is 0.331 e. The summed E-state index contributed by atoms with van der Waals surface area (Å²) in [4.78, 5) is 24.4. The lowest BCUT2D eigenvalue weighted by atomic mass is 10.2. The van der Waals surface area contributed by atoms with Crippen molar-refractivity contribution in [1.82, 2.24) is 14.5 Å². The first-order valence-electron chi connectivity index (χ1n) is 5.78. The van der Waals surface area contributed by atoms with Crippen LogP contribution in [0.3, 0.4) is 0 Å². The van der Waals surface area contributed by atoms with Crippen LogP contribution in [0.4, 0.5) is 10.6 Å². The standard InChI is InChI=1S/C11H15N5O/c1-4-7-5-16-10(13-7)8-9(12-6-14(8)2)15(3)11(16)17/h6-7H,4-5H2,1-3H3. The first-order valence-corrected chi connectivity index (χ1v) is 5.78. The number of rotatable bonds is 1. The Labute approximate surface area is 99.6 Å². The number of anilines is 1. The molecule has 6 nitrogen and oxygen atoms in total. The van der Waals surface area contributed by atoms with E-state index in [1.54, 1.807) is 23.2 Å². The Morgan fingerprint density at radius 2 is 2.24 bits per heavy atom. The zero-order valence-electron chi connectivity index (χ0n) is 10.2. The molecule has 0 radical (unpaired) electrons. The molecule has 0 aromatic carbocycles. The normalized spacial score (nSPS) is 22.6. The van der Waals surface area contributed by atoms with Gasteiger partial charge in [-0.05, 0) is 6.42 Å². The van der Waals surface area contributed by atoms with E-state index in [9.17, 15) is 4.79 Å². The quantitative estimate of drug-likeness (QED) is 0.721. The maximum absolute atomic E-state index is 12.2. The average Bonchev–Trinajstić information content (AvgIpc) is 2.89. The number of amides is 2. The molecule has 0 bridgehead atoms. The summed E-state index contributed by atoms with van der Waals surface area (Å²) in [6.07, 6.45) is 2.67. The molecule has 6 heteroatoms. The Morgan fingerprint density at radius 1 is 1.47 bits per heavy atom. The van der Waals surface area contributed by atoms with Gasteiger partial charge in [0.15, 0.2) is 11.7 Å². The lowest BCUT2D eigenvalue weighted by Crippen LogP contribution is -2.49. The van der Waals surface area contributed by atoms with Crippen molar-refractivity contribution in [3.63, 3.8) is 0 Å². The number of carbonyl (C=O) groups excluding carboxylic acids is 1. The van der Waals surface area contributed by atoms with Crippen LogP contribution in [0.15, 0.2) is 11.3 Å². The summed E-state index contributed by atoms with van der Waals surface area (Å²) in [7, 11) is 3.68. The van der Waals surface area contributed by atoms with Crippen LogP contribution in [-0.4, -0.2) is 46.0 Å². The van der Waals surface area contributed by atoms with Gasteiger partial charge in [-0.15, -0.1) is 0 Å². The van der Waals surface area contributed by atoms with Crippen molar-refractivity contribution in [2.45, 2.75) is 19.4 Å². The van der Waals surface area contributed by atoms with Gasteiger partial charge in [0.25, 0.3) is 0 Å². The zero-order valence-corrected chi connectivity index (χ0v) is 10.2. The van der Waals surface area contributed by atoms with Crippen LogP contribution >= 0.6 is 0 Å². The summed E-state index contributed by atoms with van der Waals surface area (Å²) in [5.41, 5.74) is 0.933. The fourth-order valence-electron chi connectivity index (χ4n) is 2.35. The van der Waals surface area contributed by atoms with Crippen LogP contribution in [0.5, 0.6) is 0 Å². The second-order valence-electron chi connectivity index (χ2n) is 4.49. The predicted octanol–water partition coefficient (Wildman–Crippen LogP) is 0.831. The molecule has 90 valence electrons. The third-order valence-electron chi connectivity index (χ3n) is 3.39. The van der Waals surface area contributed by atoms with Crippen LogP contribution in [0.25, 0.3) is 0 Å². The largest absolute Gasteiger partial charge is 0.331 e. The van der Waals surface area contributed by atoms with Crippen LogP contribution < -0.4 is 4.90 Å². The monoisotopic (exact) mass is 233 g/mol. The van der Waals surface area contributed by atoms with Gasteiger partial charge in [-0.3, -0.25) is 14.8 Å². The predicted molar refractivity (Wildman–Crippen MR) is 64.3 cm³/mol. The highest BCUT2D eigenvalue weighted by Crippen LogP contribution is 2.30. The van der Waals surface area contributed by atoms with Crippen LogP contribution in [-0.2, 0) is 7.05 Å². The molecule has 3 heterocycles. The molecule has 2 amide bonds. The molecule has 0 spiro atoms. The number of nitrogens with zero attached hydrogens (tertiary/aromatic N) is 5. The highest BCUT2D eigenvalue weighted by molar-refractivity contribution is 6.18. The third kappa shape index (κ3) is 1.23. The fraction of sp³-hybridized carbons (Fsp3) is 0.545. The molecule has 2 aliphatic heterocycles. The minimum absolute atomic E-state index is 0.0362. The second kappa shape index (κ2) is 3.32. The van der Waals surface area contributed by atoms with E-state index in [2.05, 4.69) is 16.9 Å². The van der Waals surface area contributed by atoms with E-state index in [-0.39, 0.29) is 12.1 Å². The smallest absolute Gasteiger partial charge is 0.329 e. The Morgan fingerprint density at radius 3 is 2.94 bits per heavy atom. The van der Waals surface area contributed by atoms with E-state index >= 15 is 0 Å². The van der Waals surface area contributed by atoms with Gasteiger partial charge in [-0.1, -0.05) is 6.92 Å². The number of aliphatic imine (C=N–C) groups is 1. The maximum atomic E-state index is 12.2. The third-order valence-corrected chi connectivity index (χ3v) is 3.39. The van der Waals surface area contributed by atoms with E-state index in [0.29, 0.717) is 12.4 Å². The zero-order chi connectivity index (χ0) is 12.2. The van der Waals surface area contributed by atoms with E-state index in [0.717, 1.165) is 18.0 Å². The first kappa shape index (κ1) is 10.3. The van der Waals surface area contributed by atoms with Gasteiger partial charge in [-0.2, -0.15) is 0 Å².